The van der Waals surface area contributed by atoms with E-state index in [0.29, 0.717) is 6.54 Å². The van der Waals surface area contributed by atoms with Crippen molar-refractivity contribution in [1.29, 1.82) is 0 Å². The van der Waals surface area contributed by atoms with Crippen LogP contribution in [0.3, 0.4) is 0 Å². The molecular formula is C13H15N3O4. The average Bonchev–Trinajstić information content (AvgIpc) is 2.44. The maximum atomic E-state index is 12.1. The molecule has 2 aromatic rings. The summed E-state index contributed by atoms with van der Waals surface area (Å²) < 4.78 is 2.37. The smallest absolute Gasteiger partial charge is 0.354 e. The second-order valence-corrected chi connectivity index (χ2v) is 4.52. The van der Waals surface area contributed by atoms with Crippen LogP contribution >= 0.6 is 0 Å². The van der Waals surface area contributed by atoms with Gasteiger partial charge < -0.3 is 5.11 Å². The van der Waals surface area contributed by atoms with Crippen LogP contribution in [0, 0.1) is 0 Å². The Bertz CT molecular complexity index is 789. The van der Waals surface area contributed by atoms with Crippen molar-refractivity contribution in [2.24, 2.45) is 7.05 Å². The van der Waals surface area contributed by atoms with Gasteiger partial charge in [-0.15, -0.1) is 0 Å². The molecule has 7 heteroatoms. The molecule has 0 fully saturated rings. The van der Waals surface area contributed by atoms with E-state index >= 15 is 0 Å². The predicted molar refractivity (Wildman–Crippen MR) is 73.1 cm³/mol. The number of carbonyl (C=O) groups is 1. The lowest BCUT2D eigenvalue weighted by atomic mass is 10.2. The maximum Gasteiger partial charge on any atom is 0.354 e. The molecule has 0 radical (unpaired) electrons. The Balaban J connectivity index is 2.85. The lowest BCUT2D eigenvalue weighted by molar-refractivity contribution is 0.0691. The van der Waals surface area contributed by atoms with Crippen LogP contribution in [0.2, 0.25) is 0 Å². The van der Waals surface area contributed by atoms with Gasteiger partial charge in [-0.1, -0.05) is 13.3 Å². The molecule has 0 aliphatic heterocycles. The van der Waals surface area contributed by atoms with E-state index in [1.54, 1.807) is 0 Å². The van der Waals surface area contributed by atoms with Crippen molar-refractivity contribution in [2.45, 2.75) is 26.3 Å². The number of unbranched alkanes of at least 4 members (excludes halogenated alkanes) is 1. The van der Waals surface area contributed by atoms with Crippen LogP contribution in [-0.4, -0.2) is 25.2 Å². The van der Waals surface area contributed by atoms with Gasteiger partial charge in [-0.3, -0.25) is 13.9 Å². The first-order valence-corrected chi connectivity index (χ1v) is 6.31. The highest BCUT2D eigenvalue weighted by Crippen LogP contribution is 2.08. The molecule has 1 N–H and O–H groups in total. The second kappa shape index (κ2) is 5.28. The van der Waals surface area contributed by atoms with Crippen molar-refractivity contribution in [3.05, 3.63) is 38.7 Å². The molecule has 0 saturated heterocycles. The van der Waals surface area contributed by atoms with Gasteiger partial charge in [0.25, 0.3) is 5.56 Å². The molecule has 0 amide bonds. The topological polar surface area (TPSA) is 94.2 Å². The van der Waals surface area contributed by atoms with Gasteiger partial charge in [0, 0.05) is 13.6 Å². The van der Waals surface area contributed by atoms with E-state index in [0.717, 1.165) is 17.4 Å². The van der Waals surface area contributed by atoms with E-state index < -0.39 is 17.2 Å². The van der Waals surface area contributed by atoms with Crippen LogP contribution in [0.4, 0.5) is 0 Å². The van der Waals surface area contributed by atoms with Crippen LogP contribution in [0.25, 0.3) is 11.0 Å². The summed E-state index contributed by atoms with van der Waals surface area (Å²) in [6.07, 6.45) is 1.61. The second-order valence-electron chi connectivity index (χ2n) is 4.52. The standard InChI is InChI=1S/C13H15N3O4/c1-3-4-7-16-10-8(11(17)15(2)13(16)20)5-6-9(14-10)12(18)19/h5-6H,3-4,7H2,1-2H3,(H,18,19). The van der Waals surface area contributed by atoms with E-state index in [1.807, 2.05) is 6.92 Å². The zero-order valence-electron chi connectivity index (χ0n) is 11.3. The molecule has 0 unspecified atom stereocenters. The van der Waals surface area contributed by atoms with Crippen molar-refractivity contribution in [2.75, 3.05) is 0 Å². The Morgan fingerprint density at radius 3 is 2.65 bits per heavy atom. The summed E-state index contributed by atoms with van der Waals surface area (Å²) in [6.45, 7) is 2.38. The molecule has 0 aliphatic rings. The molecule has 0 aromatic carbocycles. The molecule has 2 aromatic heterocycles. The fourth-order valence-electron chi connectivity index (χ4n) is 2.00. The number of carboxylic acids is 1. The normalized spacial score (nSPS) is 10.9. The zero-order chi connectivity index (χ0) is 14.9. The number of rotatable bonds is 4. The Hall–Kier alpha value is -2.44. The number of hydrogen-bond donors (Lipinski definition) is 1. The number of aromatic nitrogens is 3. The van der Waals surface area contributed by atoms with E-state index in [1.165, 1.54) is 23.7 Å². The first-order chi connectivity index (χ1) is 9.47. The molecule has 0 aliphatic carbocycles. The van der Waals surface area contributed by atoms with Gasteiger partial charge in [0.2, 0.25) is 0 Å². The van der Waals surface area contributed by atoms with Crippen LogP contribution in [0.1, 0.15) is 30.3 Å². The van der Waals surface area contributed by atoms with Gasteiger partial charge in [-0.05, 0) is 18.6 Å². The number of hydrogen-bond acceptors (Lipinski definition) is 4. The molecule has 0 saturated carbocycles. The molecule has 0 atom stereocenters. The van der Waals surface area contributed by atoms with Crippen molar-refractivity contribution < 1.29 is 9.90 Å². The van der Waals surface area contributed by atoms with Gasteiger partial charge in [0.15, 0.2) is 11.3 Å². The lowest BCUT2D eigenvalue weighted by Crippen LogP contribution is -2.38. The number of aryl methyl sites for hydroxylation is 1. The fraction of sp³-hybridized carbons (Fsp3) is 0.385. The third kappa shape index (κ3) is 2.22. The Morgan fingerprint density at radius 1 is 1.35 bits per heavy atom. The minimum atomic E-state index is -1.19. The SMILES string of the molecule is CCCCn1c(=O)n(C)c(=O)c2ccc(C(=O)O)nc21. The highest BCUT2D eigenvalue weighted by molar-refractivity contribution is 5.88. The largest absolute Gasteiger partial charge is 0.477 e. The average molecular weight is 277 g/mol. The number of aromatic carboxylic acids is 1. The van der Waals surface area contributed by atoms with Gasteiger partial charge >= 0.3 is 11.7 Å². The van der Waals surface area contributed by atoms with Gasteiger partial charge in [0.1, 0.15) is 0 Å². The summed E-state index contributed by atoms with van der Waals surface area (Å²) in [6, 6.07) is 2.66. The summed E-state index contributed by atoms with van der Waals surface area (Å²) in [4.78, 5) is 39.1. The number of pyridine rings is 1. The summed E-state index contributed by atoms with van der Waals surface area (Å²) in [5, 5.41) is 9.21. The highest BCUT2D eigenvalue weighted by Gasteiger charge is 2.14. The summed E-state index contributed by atoms with van der Waals surface area (Å²) in [5.74, 6) is -1.19. The van der Waals surface area contributed by atoms with E-state index in [4.69, 9.17) is 5.11 Å². The molecule has 2 heterocycles. The van der Waals surface area contributed by atoms with E-state index in [2.05, 4.69) is 4.98 Å². The number of nitrogens with zero attached hydrogens (tertiary/aromatic N) is 3. The molecular weight excluding hydrogens is 262 g/mol. The third-order valence-electron chi connectivity index (χ3n) is 3.14. The molecule has 20 heavy (non-hydrogen) atoms. The quantitative estimate of drug-likeness (QED) is 0.882. The van der Waals surface area contributed by atoms with Crippen molar-refractivity contribution in [3.63, 3.8) is 0 Å². The number of fused-ring (bicyclic) bond motifs is 1. The maximum absolute atomic E-state index is 12.1. The molecule has 7 nitrogen and oxygen atoms in total. The summed E-state index contributed by atoms with van der Waals surface area (Å²) in [7, 11) is 1.40. The lowest BCUT2D eigenvalue weighted by Gasteiger charge is -2.11. The van der Waals surface area contributed by atoms with Crippen LogP contribution in [0.15, 0.2) is 21.7 Å². The number of carboxylic acid groups (broad SMARTS) is 1. The van der Waals surface area contributed by atoms with Gasteiger partial charge in [-0.2, -0.15) is 0 Å². The first-order valence-electron chi connectivity index (χ1n) is 6.31. The zero-order valence-corrected chi connectivity index (χ0v) is 11.3. The molecule has 0 spiro atoms. The van der Waals surface area contributed by atoms with Crippen molar-refractivity contribution in [3.8, 4) is 0 Å². The first kappa shape index (κ1) is 14.0. The van der Waals surface area contributed by atoms with Crippen molar-refractivity contribution in [1.82, 2.24) is 14.1 Å². The Labute approximate surface area is 114 Å². The van der Waals surface area contributed by atoms with Gasteiger partial charge in [0.05, 0.1) is 5.39 Å². The highest BCUT2D eigenvalue weighted by atomic mass is 16.4. The summed E-state index contributed by atoms with van der Waals surface area (Å²) >= 11 is 0. The van der Waals surface area contributed by atoms with Gasteiger partial charge in [-0.25, -0.2) is 14.6 Å². The predicted octanol–water partition coefficient (Wildman–Crippen LogP) is 0.593. The van der Waals surface area contributed by atoms with Crippen LogP contribution in [0.5, 0.6) is 0 Å². The summed E-state index contributed by atoms with van der Waals surface area (Å²) in [5.41, 5.74) is -1.00. The Kier molecular flexibility index (Phi) is 3.69. The molecule has 0 bridgehead atoms. The Morgan fingerprint density at radius 2 is 2.05 bits per heavy atom. The third-order valence-corrected chi connectivity index (χ3v) is 3.14. The molecule has 106 valence electrons. The van der Waals surface area contributed by atoms with Crippen LogP contribution < -0.4 is 11.2 Å². The minimum Gasteiger partial charge on any atom is -0.477 e. The monoisotopic (exact) mass is 277 g/mol. The van der Waals surface area contributed by atoms with Crippen molar-refractivity contribution >= 4 is 17.0 Å². The van der Waals surface area contributed by atoms with E-state index in [-0.39, 0.29) is 16.7 Å². The molecule has 2 rings (SSSR count). The minimum absolute atomic E-state index is 0.131. The van der Waals surface area contributed by atoms with Crippen LogP contribution in [-0.2, 0) is 13.6 Å². The fourth-order valence-corrected chi connectivity index (χ4v) is 2.00. The van der Waals surface area contributed by atoms with E-state index in [9.17, 15) is 14.4 Å².